The second kappa shape index (κ2) is 11.2. The standard InChI is InChI=1S/C29H30N2O5/c32-28-22-6-4-5-21(15-22)16-24-18-23(8-10-25(24)34-14-3-1-2-12-30-28)29(33)31-13-11-20-7-9-26-27(17-20)36-19-35-26/h4-10,15,17-18H,1-3,11-14,16,19H2,(H,30,32)(H,31,33). The number of hydrogen-bond donors (Lipinski definition) is 2. The summed E-state index contributed by atoms with van der Waals surface area (Å²) in [7, 11) is 0. The van der Waals surface area contributed by atoms with Crippen molar-refractivity contribution in [3.05, 3.63) is 88.5 Å². The summed E-state index contributed by atoms with van der Waals surface area (Å²) in [6.45, 7) is 2.01. The maximum absolute atomic E-state index is 12.9. The summed E-state index contributed by atoms with van der Waals surface area (Å²) >= 11 is 0. The second-order valence-electron chi connectivity index (χ2n) is 9.06. The summed E-state index contributed by atoms with van der Waals surface area (Å²) in [6, 6.07) is 19.0. The molecule has 2 amide bonds. The Labute approximate surface area is 210 Å². The van der Waals surface area contributed by atoms with Crippen LogP contribution < -0.4 is 24.8 Å². The molecule has 0 aliphatic carbocycles. The summed E-state index contributed by atoms with van der Waals surface area (Å²) in [5.74, 6) is 2.08. The Hall–Kier alpha value is -4.00. The van der Waals surface area contributed by atoms with E-state index >= 15 is 0 Å². The molecular weight excluding hydrogens is 456 g/mol. The molecule has 0 saturated heterocycles. The molecule has 2 bridgehead atoms. The summed E-state index contributed by atoms with van der Waals surface area (Å²) in [5.41, 5.74) is 4.21. The highest BCUT2D eigenvalue weighted by molar-refractivity contribution is 5.95. The van der Waals surface area contributed by atoms with E-state index in [2.05, 4.69) is 10.6 Å². The van der Waals surface area contributed by atoms with E-state index in [-0.39, 0.29) is 18.6 Å². The van der Waals surface area contributed by atoms with Gasteiger partial charge in [0.15, 0.2) is 11.5 Å². The molecule has 0 aromatic heterocycles. The highest BCUT2D eigenvalue weighted by atomic mass is 16.7. The van der Waals surface area contributed by atoms with Crippen LogP contribution in [0.3, 0.4) is 0 Å². The van der Waals surface area contributed by atoms with Crippen LogP contribution in [0.25, 0.3) is 0 Å². The van der Waals surface area contributed by atoms with Crippen molar-refractivity contribution in [1.29, 1.82) is 0 Å². The predicted octanol–water partition coefficient (Wildman–Crippen LogP) is 4.27. The summed E-state index contributed by atoms with van der Waals surface area (Å²) in [5, 5.41) is 6.00. The molecule has 0 atom stereocenters. The number of rotatable bonds is 4. The molecule has 0 fully saturated rings. The predicted molar refractivity (Wildman–Crippen MR) is 136 cm³/mol. The van der Waals surface area contributed by atoms with Crippen LogP contribution in [-0.2, 0) is 12.8 Å². The number of carbonyl (C=O) groups excluding carboxylic acids is 2. The Morgan fingerprint density at radius 3 is 2.72 bits per heavy atom. The molecule has 0 radical (unpaired) electrons. The fourth-order valence-electron chi connectivity index (χ4n) is 4.45. The lowest BCUT2D eigenvalue weighted by Crippen LogP contribution is -2.26. The number of carbonyl (C=O) groups is 2. The van der Waals surface area contributed by atoms with Crippen LogP contribution >= 0.6 is 0 Å². The van der Waals surface area contributed by atoms with Crippen molar-refractivity contribution in [3.8, 4) is 17.2 Å². The minimum Gasteiger partial charge on any atom is -0.493 e. The summed E-state index contributed by atoms with van der Waals surface area (Å²) < 4.78 is 16.9. The van der Waals surface area contributed by atoms with E-state index in [1.54, 1.807) is 0 Å². The Morgan fingerprint density at radius 1 is 0.889 bits per heavy atom. The first-order chi connectivity index (χ1) is 17.7. The normalized spacial score (nSPS) is 15.2. The molecule has 2 N–H and O–H groups in total. The molecule has 7 heteroatoms. The van der Waals surface area contributed by atoms with Crippen LogP contribution in [0.1, 0.15) is 56.7 Å². The van der Waals surface area contributed by atoms with Crippen LogP contribution in [-0.4, -0.2) is 38.3 Å². The maximum atomic E-state index is 12.9. The quantitative estimate of drug-likeness (QED) is 0.575. The Morgan fingerprint density at radius 2 is 1.78 bits per heavy atom. The van der Waals surface area contributed by atoms with Gasteiger partial charge in [-0.2, -0.15) is 0 Å². The van der Waals surface area contributed by atoms with Crippen LogP contribution in [0, 0.1) is 0 Å². The van der Waals surface area contributed by atoms with E-state index < -0.39 is 0 Å². The molecule has 186 valence electrons. The molecule has 5 rings (SSSR count). The number of hydrogen-bond acceptors (Lipinski definition) is 5. The van der Waals surface area contributed by atoms with E-state index in [4.69, 9.17) is 14.2 Å². The zero-order valence-corrected chi connectivity index (χ0v) is 20.2. The van der Waals surface area contributed by atoms with Gasteiger partial charge in [-0.3, -0.25) is 9.59 Å². The third-order valence-corrected chi connectivity index (χ3v) is 6.41. The Bertz CT molecular complexity index is 1260. The maximum Gasteiger partial charge on any atom is 0.251 e. The fourth-order valence-corrected chi connectivity index (χ4v) is 4.45. The number of ether oxygens (including phenoxy) is 3. The molecule has 0 unspecified atom stereocenters. The van der Waals surface area contributed by atoms with Gasteiger partial charge in [-0.25, -0.2) is 0 Å². The SMILES string of the molecule is O=C1NCCCCCOc2ccc(C(=O)NCCc3ccc4c(c3)OCO4)cc2Cc2cccc1c2. The van der Waals surface area contributed by atoms with Crippen molar-refractivity contribution < 1.29 is 23.8 Å². The Kier molecular flexibility index (Phi) is 7.36. The molecule has 7 nitrogen and oxygen atoms in total. The van der Waals surface area contributed by atoms with E-state index in [0.717, 1.165) is 53.2 Å². The first-order valence-corrected chi connectivity index (χ1v) is 12.5. The van der Waals surface area contributed by atoms with Gasteiger partial charge in [-0.15, -0.1) is 0 Å². The number of amides is 2. The zero-order chi connectivity index (χ0) is 24.7. The van der Waals surface area contributed by atoms with Gasteiger partial charge in [0.1, 0.15) is 5.75 Å². The second-order valence-corrected chi connectivity index (χ2v) is 9.06. The molecule has 3 aromatic rings. The smallest absolute Gasteiger partial charge is 0.251 e. The van der Waals surface area contributed by atoms with Gasteiger partial charge in [0.05, 0.1) is 6.61 Å². The average molecular weight is 487 g/mol. The van der Waals surface area contributed by atoms with Crippen LogP contribution in [0.4, 0.5) is 0 Å². The topological polar surface area (TPSA) is 85.9 Å². The molecule has 2 heterocycles. The summed E-state index contributed by atoms with van der Waals surface area (Å²) in [4.78, 5) is 25.4. The van der Waals surface area contributed by atoms with E-state index in [0.29, 0.717) is 43.7 Å². The van der Waals surface area contributed by atoms with Crippen molar-refractivity contribution >= 4 is 11.8 Å². The van der Waals surface area contributed by atoms with Crippen LogP contribution in [0.5, 0.6) is 17.2 Å². The molecule has 2 aliphatic rings. The van der Waals surface area contributed by atoms with Crippen LogP contribution in [0.2, 0.25) is 0 Å². The van der Waals surface area contributed by atoms with E-state index in [1.165, 1.54) is 0 Å². The average Bonchev–Trinajstić information content (AvgIpc) is 3.36. The van der Waals surface area contributed by atoms with Crippen molar-refractivity contribution in [3.63, 3.8) is 0 Å². The Balaban J connectivity index is 1.29. The van der Waals surface area contributed by atoms with Crippen molar-refractivity contribution in [1.82, 2.24) is 10.6 Å². The molecule has 2 aliphatic heterocycles. The number of benzene rings is 3. The molecule has 36 heavy (non-hydrogen) atoms. The van der Waals surface area contributed by atoms with Crippen molar-refractivity contribution in [2.24, 2.45) is 0 Å². The highest BCUT2D eigenvalue weighted by Gasteiger charge is 2.15. The number of nitrogens with one attached hydrogen (secondary N) is 2. The van der Waals surface area contributed by atoms with Gasteiger partial charge in [0, 0.05) is 30.6 Å². The van der Waals surface area contributed by atoms with Crippen LogP contribution in [0.15, 0.2) is 60.7 Å². The molecular formula is C29H30N2O5. The van der Waals surface area contributed by atoms with Gasteiger partial charge < -0.3 is 24.8 Å². The highest BCUT2D eigenvalue weighted by Crippen LogP contribution is 2.32. The van der Waals surface area contributed by atoms with Crippen molar-refractivity contribution in [2.45, 2.75) is 32.1 Å². The third-order valence-electron chi connectivity index (χ3n) is 6.41. The molecule has 0 saturated carbocycles. The third kappa shape index (κ3) is 5.79. The van der Waals surface area contributed by atoms with E-state index in [1.807, 2.05) is 60.7 Å². The largest absolute Gasteiger partial charge is 0.493 e. The number of fused-ring (bicyclic) bond motifs is 4. The first-order valence-electron chi connectivity index (χ1n) is 12.5. The fraction of sp³-hybridized carbons (Fsp3) is 0.310. The molecule has 0 spiro atoms. The van der Waals surface area contributed by atoms with Gasteiger partial charge in [0.25, 0.3) is 11.8 Å². The lowest BCUT2D eigenvalue weighted by molar-refractivity contribution is 0.0945. The first kappa shape index (κ1) is 23.7. The minimum atomic E-state index is -0.133. The van der Waals surface area contributed by atoms with Crippen molar-refractivity contribution in [2.75, 3.05) is 26.5 Å². The lowest BCUT2D eigenvalue weighted by atomic mass is 9.99. The van der Waals surface area contributed by atoms with Gasteiger partial charge in [-0.1, -0.05) is 18.2 Å². The lowest BCUT2D eigenvalue weighted by Gasteiger charge is -2.15. The molecule has 3 aromatic carbocycles. The summed E-state index contributed by atoms with van der Waals surface area (Å²) in [6.07, 6.45) is 4.04. The van der Waals surface area contributed by atoms with Gasteiger partial charge in [-0.05, 0) is 84.8 Å². The zero-order valence-electron chi connectivity index (χ0n) is 20.2. The minimum absolute atomic E-state index is 0.0547. The van der Waals surface area contributed by atoms with Gasteiger partial charge >= 0.3 is 0 Å². The monoisotopic (exact) mass is 486 g/mol. The van der Waals surface area contributed by atoms with E-state index in [9.17, 15) is 9.59 Å². The van der Waals surface area contributed by atoms with Gasteiger partial charge in [0.2, 0.25) is 6.79 Å².